The average Bonchev–Trinajstić information content (AvgIpc) is 3.07. The Bertz CT molecular complexity index is 783. The van der Waals surface area contributed by atoms with E-state index in [1.54, 1.807) is 0 Å². The molecule has 1 unspecified atom stereocenters. The van der Waals surface area contributed by atoms with Gasteiger partial charge in [-0.1, -0.05) is 154 Å². The van der Waals surface area contributed by atoms with Crippen molar-refractivity contribution >= 4 is 17.5 Å². The molecule has 0 amide bonds. The predicted octanol–water partition coefficient (Wildman–Crippen LogP) is 14.2. The molecule has 0 radical (unpaired) electrons. The molecule has 4 nitrogen and oxygen atoms in total. The highest BCUT2D eigenvalue weighted by molar-refractivity contribution is 5.87. The Morgan fingerprint density at radius 3 is 1.23 bits per heavy atom. The standard InChI is InChI=1S/C44H80O4/c1-3-5-7-9-11-13-15-17-19-21-23-25-27-29-33-37-42(45)40-41(36-32-31-35-39-44(47)48)43(46)38-34-30-28-26-24-22-20-18-16-14-12-10-8-6-4-2/h17-20,41H,3-16,21-40H2,1-2H3,(H,47,48). The lowest BCUT2D eigenvalue weighted by molar-refractivity contribution is -0.137. The van der Waals surface area contributed by atoms with E-state index in [1.807, 2.05) is 0 Å². The zero-order chi connectivity index (χ0) is 35.2. The Balaban J connectivity index is 4.10. The molecule has 0 saturated heterocycles. The third-order valence-corrected chi connectivity index (χ3v) is 9.78. The van der Waals surface area contributed by atoms with Crippen LogP contribution in [0.1, 0.15) is 232 Å². The van der Waals surface area contributed by atoms with Crippen LogP contribution in [0.15, 0.2) is 24.3 Å². The van der Waals surface area contributed by atoms with Crippen molar-refractivity contribution in [2.75, 3.05) is 0 Å². The van der Waals surface area contributed by atoms with E-state index in [4.69, 9.17) is 5.11 Å². The second-order valence-electron chi connectivity index (χ2n) is 14.6. The number of carbonyl (C=O) groups is 3. The van der Waals surface area contributed by atoms with E-state index in [9.17, 15) is 14.4 Å². The van der Waals surface area contributed by atoms with Crippen molar-refractivity contribution in [3.05, 3.63) is 24.3 Å². The zero-order valence-electron chi connectivity index (χ0n) is 32.1. The van der Waals surface area contributed by atoms with Crippen molar-refractivity contribution in [1.82, 2.24) is 0 Å². The molecule has 4 heteroatoms. The first-order valence-corrected chi connectivity index (χ1v) is 21.1. The predicted molar refractivity (Wildman–Crippen MR) is 208 cm³/mol. The molecular weight excluding hydrogens is 592 g/mol. The van der Waals surface area contributed by atoms with Gasteiger partial charge in [0.25, 0.3) is 0 Å². The topological polar surface area (TPSA) is 71.4 Å². The third-order valence-electron chi connectivity index (χ3n) is 9.78. The first-order valence-electron chi connectivity index (χ1n) is 21.1. The number of carboxylic acid groups (broad SMARTS) is 1. The van der Waals surface area contributed by atoms with E-state index in [1.165, 1.54) is 135 Å². The number of unbranched alkanes of at least 4 members (excludes halogenated alkanes) is 24. The lowest BCUT2D eigenvalue weighted by Gasteiger charge is -2.15. The maximum Gasteiger partial charge on any atom is 0.303 e. The number of ketones is 2. The van der Waals surface area contributed by atoms with E-state index in [2.05, 4.69) is 38.2 Å². The molecule has 0 aliphatic heterocycles. The second-order valence-corrected chi connectivity index (χ2v) is 14.6. The van der Waals surface area contributed by atoms with E-state index >= 15 is 0 Å². The van der Waals surface area contributed by atoms with Gasteiger partial charge in [-0.05, 0) is 77.0 Å². The van der Waals surface area contributed by atoms with Gasteiger partial charge in [0, 0.05) is 31.6 Å². The molecule has 0 fully saturated rings. The largest absolute Gasteiger partial charge is 0.481 e. The normalized spacial score (nSPS) is 12.4. The van der Waals surface area contributed by atoms with E-state index in [0.717, 1.165) is 51.4 Å². The summed E-state index contributed by atoms with van der Waals surface area (Å²) in [6.07, 6.45) is 46.5. The van der Waals surface area contributed by atoms with E-state index < -0.39 is 5.97 Å². The van der Waals surface area contributed by atoms with Crippen molar-refractivity contribution in [3.8, 4) is 0 Å². The van der Waals surface area contributed by atoms with Crippen LogP contribution >= 0.6 is 0 Å². The molecule has 0 heterocycles. The minimum Gasteiger partial charge on any atom is -0.481 e. The van der Waals surface area contributed by atoms with Gasteiger partial charge in [-0.3, -0.25) is 14.4 Å². The summed E-state index contributed by atoms with van der Waals surface area (Å²) in [5.41, 5.74) is 0. The molecule has 280 valence electrons. The summed E-state index contributed by atoms with van der Waals surface area (Å²) in [6, 6.07) is 0. The van der Waals surface area contributed by atoms with E-state index in [-0.39, 0.29) is 23.9 Å². The van der Waals surface area contributed by atoms with Crippen LogP contribution < -0.4 is 0 Å². The van der Waals surface area contributed by atoms with E-state index in [0.29, 0.717) is 25.7 Å². The van der Waals surface area contributed by atoms with Gasteiger partial charge >= 0.3 is 5.97 Å². The highest BCUT2D eigenvalue weighted by Gasteiger charge is 2.21. The van der Waals surface area contributed by atoms with Crippen LogP contribution in [0.3, 0.4) is 0 Å². The quantitative estimate of drug-likeness (QED) is 0.0521. The Morgan fingerprint density at radius 2 is 0.792 bits per heavy atom. The molecule has 0 saturated carbocycles. The third kappa shape index (κ3) is 35.6. The zero-order valence-corrected chi connectivity index (χ0v) is 32.1. The van der Waals surface area contributed by atoms with Crippen LogP contribution in [0, 0.1) is 5.92 Å². The second kappa shape index (κ2) is 38.1. The van der Waals surface area contributed by atoms with Gasteiger partial charge in [0.15, 0.2) is 0 Å². The van der Waals surface area contributed by atoms with Crippen LogP contribution in [-0.4, -0.2) is 22.6 Å². The monoisotopic (exact) mass is 673 g/mol. The van der Waals surface area contributed by atoms with Gasteiger partial charge < -0.3 is 5.11 Å². The number of carbonyl (C=O) groups excluding carboxylic acids is 2. The van der Waals surface area contributed by atoms with Gasteiger partial charge in [0.1, 0.15) is 11.6 Å². The number of allylic oxidation sites excluding steroid dienone is 4. The van der Waals surface area contributed by atoms with Crippen LogP contribution in [0.4, 0.5) is 0 Å². The molecule has 0 aromatic rings. The Kier molecular flexibility index (Phi) is 36.7. The summed E-state index contributed by atoms with van der Waals surface area (Å²) in [4.78, 5) is 36.8. The van der Waals surface area contributed by atoms with Crippen LogP contribution in [0.25, 0.3) is 0 Å². The van der Waals surface area contributed by atoms with Gasteiger partial charge in [0.05, 0.1) is 0 Å². The lowest BCUT2D eigenvalue weighted by atomic mass is 9.88. The highest BCUT2D eigenvalue weighted by Crippen LogP contribution is 2.21. The highest BCUT2D eigenvalue weighted by atomic mass is 16.4. The fraction of sp³-hybridized carbons (Fsp3) is 0.841. The molecule has 1 N–H and O–H groups in total. The summed E-state index contributed by atoms with van der Waals surface area (Å²) < 4.78 is 0. The first-order chi connectivity index (χ1) is 23.5. The molecule has 48 heavy (non-hydrogen) atoms. The van der Waals surface area contributed by atoms with Crippen molar-refractivity contribution in [1.29, 1.82) is 0 Å². The molecule has 1 atom stereocenters. The van der Waals surface area contributed by atoms with Crippen LogP contribution in [0.5, 0.6) is 0 Å². The molecule has 0 rings (SSSR count). The number of rotatable bonds is 39. The fourth-order valence-electron chi connectivity index (χ4n) is 6.56. The molecule has 0 aromatic carbocycles. The number of Topliss-reactive ketones (excluding diaryl/α,β-unsaturated/α-hetero) is 2. The van der Waals surface area contributed by atoms with Gasteiger partial charge in [-0.15, -0.1) is 0 Å². The Hall–Kier alpha value is -1.71. The minimum atomic E-state index is -0.762. The minimum absolute atomic E-state index is 0.178. The fourth-order valence-corrected chi connectivity index (χ4v) is 6.56. The van der Waals surface area contributed by atoms with Gasteiger partial charge in [-0.2, -0.15) is 0 Å². The smallest absolute Gasteiger partial charge is 0.303 e. The summed E-state index contributed by atoms with van der Waals surface area (Å²) in [5.74, 6) is -0.450. The Labute approximate surface area is 298 Å². The molecular formula is C44H80O4. The Morgan fingerprint density at radius 1 is 0.438 bits per heavy atom. The first kappa shape index (κ1) is 46.3. The SMILES string of the molecule is CCCCCCCCC=CCCCCCCCC(=O)CC(CCCCCC(=O)O)C(=O)CCCCCCCC=CCCCCCCCC. The number of aliphatic carboxylic acids is 1. The summed E-state index contributed by atoms with van der Waals surface area (Å²) in [7, 11) is 0. The molecule has 0 aliphatic carbocycles. The summed E-state index contributed by atoms with van der Waals surface area (Å²) >= 11 is 0. The van der Waals surface area contributed by atoms with Crippen LogP contribution in [0.2, 0.25) is 0 Å². The van der Waals surface area contributed by atoms with Crippen molar-refractivity contribution in [2.45, 2.75) is 232 Å². The maximum atomic E-state index is 13.1. The average molecular weight is 673 g/mol. The van der Waals surface area contributed by atoms with Gasteiger partial charge in [-0.25, -0.2) is 0 Å². The lowest BCUT2D eigenvalue weighted by Crippen LogP contribution is -2.19. The number of hydrogen-bond donors (Lipinski definition) is 1. The molecule has 0 bridgehead atoms. The summed E-state index contributed by atoms with van der Waals surface area (Å²) in [5, 5.41) is 8.92. The van der Waals surface area contributed by atoms with Crippen molar-refractivity contribution < 1.29 is 19.5 Å². The molecule has 0 aliphatic rings. The van der Waals surface area contributed by atoms with Gasteiger partial charge in [0.2, 0.25) is 0 Å². The van der Waals surface area contributed by atoms with Crippen molar-refractivity contribution in [3.63, 3.8) is 0 Å². The number of hydrogen-bond acceptors (Lipinski definition) is 3. The molecule has 0 spiro atoms. The van der Waals surface area contributed by atoms with Crippen LogP contribution in [-0.2, 0) is 14.4 Å². The number of carboxylic acids is 1. The summed E-state index contributed by atoms with van der Waals surface area (Å²) in [6.45, 7) is 4.53. The molecule has 0 aromatic heterocycles. The maximum absolute atomic E-state index is 13.1. The van der Waals surface area contributed by atoms with Crippen molar-refractivity contribution in [2.24, 2.45) is 5.92 Å².